The molecule has 0 saturated carbocycles. The van der Waals surface area contributed by atoms with E-state index in [9.17, 15) is 18.0 Å². The molecule has 0 heterocycles. The topological polar surface area (TPSA) is 17.1 Å². The lowest BCUT2D eigenvalue weighted by molar-refractivity contribution is -0.109. The molecule has 1 aromatic rings. The minimum atomic E-state index is -1.28. The Balaban J connectivity index is 2.72. The number of benzene rings is 1. The van der Waals surface area contributed by atoms with Crippen molar-refractivity contribution in [3.05, 3.63) is 35.1 Å². The Morgan fingerprint density at radius 2 is 1.94 bits per heavy atom. The molecule has 0 amide bonds. The van der Waals surface area contributed by atoms with E-state index in [0.717, 1.165) is 17.8 Å². The summed E-state index contributed by atoms with van der Waals surface area (Å²) in [6, 6.07) is 1.54. The van der Waals surface area contributed by atoms with Gasteiger partial charge in [-0.1, -0.05) is 23.6 Å². The second-order valence-electron chi connectivity index (χ2n) is 3.11. The summed E-state index contributed by atoms with van der Waals surface area (Å²) in [6.07, 6.45) is 0.305. The molecule has 0 N–H and O–H groups in total. The fraction of sp³-hybridized carbons (Fsp3) is 0.250. The van der Waals surface area contributed by atoms with E-state index in [-0.39, 0.29) is 5.12 Å². The standard InChI is InChI=1S/C12H9F3OS/c1-8(16)17-7-3-2-4-9-10(13)5-6-11(14)12(9)15/h5-6H,3,7H2,1H3. The van der Waals surface area contributed by atoms with Crippen molar-refractivity contribution in [3.8, 4) is 11.8 Å². The monoisotopic (exact) mass is 258 g/mol. The molecule has 0 spiro atoms. The van der Waals surface area contributed by atoms with Crippen LogP contribution in [0.2, 0.25) is 0 Å². The fourth-order valence-corrected chi connectivity index (χ4v) is 1.53. The molecule has 1 nitrogen and oxygen atoms in total. The number of carbonyl (C=O) groups excluding carboxylic acids is 1. The van der Waals surface area contributed by atoms with Gasteiger partial charge in [0.15, 0.2) is 16.7 Å². The lowest BCUT2D eigenvalue weighted by Gasteiger charge is -1.97. The number of hydrogen-bond donors (Lipinski definition) is 0. The van der Waals surface area contributed by atoms with Crippen molar-refractivity contribution < 1.29 is 18.0 Å². The summed E-state index contributed by atoms with van der Waals surface area (Å²) in [6.45, 7) is 1.42. The molecule has 0 aliphatic rings. The largest absolute Gasteiger partial charge is 0.288 e. The van der Waals surface area contributed by atoms with Gasteiger partial charge in [0.1, 0.15) is 5.82 Å². The van der Waals surface area contributed by atoms with Gasteiger partial charge in [-0.3, -0.25) is 4.79 Å². The number of hydrogen-bond acceptors (Lipinski definition) is 2. The molecule has 90 valence electrons. The molecule has 0 bridgehead atoms. The summed E-state index contributed by atoms with van der Waals surface area (Å²) in [7, 11) is 0. The second kappa shape index (κ2) is 6.36. The summed E-state index contributed by atoms with van der Waals surface area (Å²) in [5.74, 6) is 1.87. The molecular formula is C12H9F3OS. The minimum Gasteiger partial charge on any atom is -0.288 e. The van der Waals surface area contributed by atoms with Crippen LogP contribution < -0.4 is 0 Å². The molecule has 5 heteroatoms. The summed E-state index contributed by atoms with van der Waals surface area (Å²) < 4.78 is 39.0. The first-order chi connectivity index (χ1) is 8.02. The van der Waals surface area contributed by atoms with Crippen molar-refractivity contribution in [2.45, 2.75) is 13.3 Å². The van der Waals surface area contributed by atoms with Crippen LogP contribution in [0.1, 0.15) is 18.9 Å². The molecule has 0 fully saturated rings. The molecule has 0 unspecified atom stereocenters. The quantitative estimate of drug-likeness (QED) is 0.460. The van der Waals surface area contributed by atoms with Gasteiger partial charge in [0, 0.05) is 19.1 Å². The Morgan fingerprint density at radius 1 is 1.29 bits per heavy atom. The second-order valence-corrected chi connectivity index (χ2v) is 4.38. The third-order valence-electron chi connectivity index (χ3n) is 1.79. The SMILES string of the molecule is CC(=O)SCCC#Cc1c(F)ccc(F)c1F. The zero-order valence-corrected chi connectivity index (χ0v) is 9.84. The van der Waals surface area contributed by atoms with Crippen LogP contribution in [-0.2, 0) is 4.79 Å². The van der Waals surface area contributed by atoms with Crippen molar-refractivity contribution in [1.82, 2.24) is 0 Å². The summed E-state index contributed by atoms with van der Waals surface area (Å²) >= 11 is 1.07. The van der Waals surface area contributed by atoms with E-state index in [1.807, 2.05) is 0 Å². The highest BCUT2D eigenvalue weighted by molar-refractivity contribution is 8.13. The first kappa shape index (κ1) is 13.7. The van der Waals surface area contributed by atoms with E-state index in [4.69, 9.17) is 0 Å². The number of carbonyl (C=O) groups is 1. The number of rotatable bonds is 2. The van der Waals surface area contributed by atoms with Crippen LogP contribution in [0, 0.1) is 29.3 Å². The van der Waals surface area contributed by atoms with Gasteiger partial charge in [-0.15, -0.1) is 0 Å². The molecule has 0 aliphatic heterocycles. The van der Waals surface area contributed by atoms with E-state index < -0.39 is 23.0 Å². The van der Waals surface area contributed by atoms with Crippen LogP contribution >= 0.6 is 11.8 Å². The molecular weight excluding hydrogens is 249 g/mol. The van der Waals surface area contributed by atoms with Crippen molar-refractivity contribution >= 4 is 16.9 Å². The van der Waals surface area contributed by atoms with Gasteiger partial charge in [0.25, 0.3) is 0 Å². The van der Waals surface area contributed by atoms with Gasteiger partial charge in [0.2, 0.25) is 0 Å². The summed E-state index contributed by atoms with van der Waals surface area (Å²) in [4.78, 5) is 10.6. The van der Waals surface area contributed by atoms with Crippen molar-refractivity contribution in [3.63, 3.8) is 0 Å². The smallest absolute Gasteiger partial charge is 0.185 e. The first-order valence-electron chi connectivity index (χ1n) is 4.78. The van der Waals surface area contributed by atoms with E-state index >= 15 is 0 Å². The predicted octanol–water partition coefficient (Wildman–Crippen LogP) is 3.13. The van der Waals surface area contributed by atoms with Gasteiger partial charge in [-0.05, 0) is 12.1 Å². The summed E-state index contributed by atoms with van der Waals surface area (Å²) in [5, 5.41) is -0.0464. The van der Waals surface area contributed by atoms with Crippen molar-refractivity contribution in [2.75, 3.05) is 5.75 Å². The Kier molecular flexibility index (Phi) is 5.11. The Morgan fingerprint density at radius 3 is 2.59 bits per heavy atom. The summed E-state index contributed by atoms with van der Waals surface area (Å²) in [5.41, 5.74) is -0.571. The van der Waals surface area contributed by atoms with Gasteiger partial charge in [-0.2, -0.15) is 0 Å². The fourth-order valence-electron chi connectivity index (χ4n) is 1.04. The normalized spacial score (nSPS) is 9.65. The minimum absolute atomic E-state index is 0.0464. The van der Waals surface area contributed by atoms with Gasteiger partial charge < -0.3 is 0 Å². The van der Waals surface area contributed by atoms with Crippen LogP contribution in [0.4, 0.5) is 13.2 Å². The number of halogens is 3. The van der Waals surface area contributed by atoms with Gasteiger partial charge in [-0.25, -0.2) is 13.2 Å². The molecule has 0 atom stereocenters. The Hall–Kier alpha value is -1.41. The van der Waals surface area contributed by atoms with Crippen molar-refractivity contribution in [1.29, 1.82) is 0 Å². The van der Waals surface area contributed by atoms with Crippen LogP contribution in [0.5, 0.6) is 0 Å². The molecule has 1 aromatic carbocycles. The van der Waals surface area contributed by atoms with E-state index in [2.05, 4.69) is 11.8 Å². The maximum atomic E-state index is 13.1. The lowest BCUT2D eigenvalue weighted by Crippen LogP contribution is -1.94. The molecule has 1 rings (SSSR count). The lowest BCUT2D eigenvalue weighted by atomic mass is 10.2. The predicted molar refractivity (Wildman–Crippen MR) is 61.0 cm³/mol. The zero-order valence-electron chi connectivity index (χ0n) is 9.02. The highest BCUT2D eigenvalue weighted by Gasteiger charge is 2.10. The average molecular weight is 258 g/mol. The highest BCUT2D eigenvalue weighted by Crippen LogP contribution is 2.14. The average Bonchev–Trinajstić information content (AvgIpc) is 2.27. The van der Waals surface area contributed by atoms with Crippen LogP contribution in [-0.4, -0.2) is 10.9 Å². The third kappa shape index (κ3) is 4.16. The maximum absolute atomic E-state index is 13.1. The molecule has 0 aromatic heterocycles. The zero-order chi connectivity index (χ0) is 12.8. The van der Waals surface area contributed by atoms with Gasteiger partial charge >= 0.3 is 0 Å². The Labute approximate surface area is 101 Å². The van der Waals surface area contributed by atoms with Crippen LogP contribution in [0.25, 0.3) is 0 Å². The number of thioether (sulfide) groups is 1. The molecule has 17 heavy (non-hydrogen) atoms. The molecule has 0 radical (unpaired) electrons. The van der Waals surface area contributed by atoms with E-state index in [1.165, 1.54) is 6.92 Å². The highest BCUT2D eigenvalue weighted by atomic mass is 32.2. The van der Waals surface area contributed by atoms with Crippen LogP contribution in [0.15, 0.2) is 12.1 Å². The Bertz CT molecular complexity index is 489. The molecule has 0 saturated heterocycles. The maximum Gasteiger partial charge on any atom is 0.185 e. The van der Waals surface area contributed by atoms with E-state index in [1.54, 1.807) is 0 Å². The van der Waals surface area contributed by atoms with E-state index in [0.29, 0.717) is 18.2 Å². The first-order valence-corrected chi connectivity index (χ1v) is 5.76. The third-order valence-corrected chi connectivity index (χ3v) is 2.60. The van der Waals surface area contributed by atoms with Crippen molar-refractivity contribution in [2.24, 2.45) is 0 Å². The van der Waals surface area contributed by atoms with Crippen LogP contribution in [0.3, 0.4) is 0 Å². The van der Waals surface area contributed by atoms with Gasteiger partial charge in [0.05, 0.1) is 5.56 Å². The molecule has 0 aliphatic carbocycles.